The number of carboxylic acid groups (broad SMARTS) is 1. The van der Waals surface area contributed by atoms with E-state index in [4.69, 9.17) is 4.74 Å². The van der Waals surface area contributed by atoms with Gasteiger partial charge in [-0.1, -0.05) is 19.4 Å². The van der Waals surface area contributed by atoms with Crippen LogP contribution in [0, 0.1) is 17.6 Å². The summed E-state index contributed by atoms with van der Waals surface area (Å²) >= 11 is 0. The monoisotopic (exact) mass is 635 g/mol. The lowest BCUT2D eigenvalue weighted by Gasteiger charge is -2.31. The molecule has 2 aromatic carbocycles. The molecule has 2 N–H and O–H groups in total. The summed E-state index contributed by atoms with van der Waals surface area (Å²) in [6, 6.07) is 5.62. The number of anilines is 1. The highest BCUT2D eigenvalue weighted by Gasteiger charge is 2.49. The molecule has 12 heteroatoms. The van der Waals surface area contributed by atoms with E-state index < -0.39 is 35.2 Å². The lowest BCUT2D eigenvalue weighted by molar-refractivity contribution is -0.141. The number of aromatic hydroxyl groups is 1. The summed E-state index contributed by atoms with van der Waals surface area (Å²) < 4.78 is 52.4. The molecule has 3 aliphatic heterocycles. The van der Waals surface area contributed by atoms with Crippen LogP contribution in [0.5, 0.6) is 11.8 Å². The van der Waals surface area contributed by atoms with E-state index in [-0.39, 0.29) is 47.1 Å². The lowest BCUT2D eigenvalue weighted by Crippen LogP contribution is -2.43. The highest BCUT2D eigenvalue weighted by Crippen LogP contribution is 2.42. The van der Waals surface area contributed by atoms with Crippen LogP contribution in [0.4, 0.5) is 19.0 Å². The van der Waals surface area contributed by atoms with E-state index in [1.807, 2.05) is 4.90 Å². The van der Waals surface area contributed by atoms with E-state index in [1.165, 1.54) is 30.5 Å². The molecule has 242 valence electrons. The fraction of sp³-hybridized carbons (Fsp3) is 0.471. The fourth-order valence-electron chi connectivity index (χ4n) is 7.73. The van der Waals surface area contributed by atoms with Crippen LogP contribution in [-0.2, 0) is 11.2 Å². The Morgan fingerprint density at radius 1 is 1.13 bits per heavy atom. The molecule has 2 aromatic heterocycles. The molecule has 9 nitrogen and oxygen atoms in total. The number of fused-ring (bicyclic) bond motifs is 3. The molecule has 0 saturated carbocycles. The summed E-state index contributed by atoms with van der Waals surface area (Å²) in [5.41, 5.74) is -0.122. The Morgan fingerprint density at radius 3 is 2.78 bits per heavy atom. The van der Waals surface area contributed by atoms with E-state index in [0.717, 1.165) is 32.2 Å². The van der Waals surface area contributed by atoms with Crippen molar-refractivity contribution in [1.29, 1.82) is 0 Å². The number of carbonyl (C=O) groups is 1. The molecule has 46 heavy (non-hydrogen) atoms. The van der Waals surface area contributed by atoms with Crippen LogP contribution in [0.3, 0.4) is 0 Å². The van der Waals surface area contributed by atoms with Gasteiger partial charge in [-0.25, -0.2) is 13.2 Å². The van der Waals surface area contributed by atoms with Gasteiger partial charge in [-0.05, 0) is 73.2 Å². The first-order valence-electron chi connectivity index (χ1n) is 16.0. The van der Waals surface area contributed by atoms with Crippen molar-refractivity contribution in [3.63, 3.8) is 0 Å². The normalized spacial score (nSPS) is 23.6. The van der Waals surface area contributed by atoms with Gasteiger partial charge in [-0.2, -0.15) is 9.97 Å². The van der Waals surface area contributed by atoms with Crippen LogP contribution in [0.2, 0.25) is 0 Å². The molecule has 0 amide bonds. The minimum atomic E-state index is -0.955. The van der Waals surface area contributed by atoms with Gasteiger partial charge in [0, 0.05) is 37.8 Å². The zero-order chi connectivity index (χ0) is 32.2. The first kappa shape index (κ1) is 30.5. The Morgan fingerprint density at radius 2 is 1.98 bits per heavy atom. The van der Waals surface area contributed by atoms with Crippen LogP contribution in [0.15, 0.2) is 30.5 Å². The Kier molecular flexibility index (Phi) is 7.86. The molecular weight excluding hydrogens is 599 g/mol. The highest BCUT2D eigenvalue weighted by atomic mass is 19.1. The molecule has 0 aliphatic carbocycles. The molecule has 0 spiro atoms. The number of pyridine rings is 1. The minimum absolute atomic E-state index is 0.0948. The number of benzene rings is 2. The van der Waals surface area contributed by atoms with E-state index in [1.54, 1.807) is 6.92 Å². The number of carboxylic acids is 1. The van der Waals surface area contributed by atoms with Crippen molar-refractivity contribution >= 4 is 33.5 Å². The summed E-state index contributed by atoms with van der Waals surface area (Å²) in [6.45, 7) is 3.72. The third kappa shape index (κ3) is 5.26. The molecular formula is C34H36F3N5O4. The average Bonchev–Trinajstić information content (AvgIpc) is 3.43. The van der Waals surface area contributed by atoms with Crippen LogP contribution in [-0.4, -0.2) is 80.5 Å². The maximum absolute atomic E-state index is 16.8. The Labute approximate surface area is 264 Å². The summed E-state index contributed by atoms with van der Waals surface area (Å²) in [4.78, 5) is 29.6. The smallest absolute Gasteiger partial charge is 0.319 e. The molecule has 0 radical (unpaired) electrons. The molecule has 3 fully saturated rings. The summed E-state index contributed by atoms with van der Waals surface area (Å²) in [6.07, 6.45) is 4.80. The van der Waals surface area contributed by atoms with Gasteiger partial charge in [0.1, 0.15) is 41.4 Å². The third-order valence-electron chi connectivity index (χ3n) is 9.96. The van der Waals surface area contributed by atoms with Crippen LogP contribution in [0.1, 0.15) is 51.0 Å². The Hall–Kier alpha value is -4.19. The topological polar surface area (TPSA) is 112 Å². The first-order valence-corrected chi connectivity index (χ1v) is 16.0. The number of phenols is 1. The number of nitrogens with zero attached hydrogens (tertiary/aromatic N) is 5. The number of halogens is 3. The summed E-state index contributed by atoms with van der Waals surface area (Å²) in [5.74, 6) is -2.62. The van der Waals surface area contributed by atoms with E-state index in [2.05, 4.69) is 19.9 Å². The first-order chi connectivity index (χ1) is 22.2. The largest absolute Gasteiger partial charge is 0.508 e. The summed E-state index contributed by atoms with van der Waals surface area (Å²) in [7, 11) is 0. The number of hydrogen-bond donors (Lipinski definition) is 2. The number of rotatable bonds is 7. The summed E-state index contributed by atoms with van der Waals surface area (Å²) in [5, 5.41) is 21.7. The van der Waals surface area contributed by atoms with Gasteiger partial charge in [0.25, 0.3) is 0 Å². The van der Waals surface area contributed by atoms with Gasteiger partial charge >= 0.3 is 12.0 Å². The molecule has 3 saturated heterocycles. The standard InChI is InChI=1S/C34H36F3N5O4/c1-2-23-26(36)8-7-19-12-22(43)13-24(27(19)23)29-28(37)30-25(15-38-29)31(41-10-4-3-6-20(16-41)32(44)45)40-33(39-30)46-18-34-9-5-11-42(34)17-21(35)14-34/h7-8,12-13,15,20-21,43H,2-6,9-11,14,16-18H2,1H3,(H,44,45)/t20?,21-,34+/m1/s1. The number of aromatic nitrogens is 3. The SMILES string of the molecule is CCc1c(F)ccc2cc(O)cc(-c3ncc4c(N5CCCCC(C(=O)O)C5)nc(OC[C@@]56CCCN5C[C@H](F)C6)nc4c3F)c12. The number of phenolic OH excluding ortho intramolecular Hbond substituents is 1. The predicted octanol–water partition coefficient (Wildman–Crippen LogP) is 6.04. The number of aliphatic carboxylic acids is 1. The quantitative estimate of drug-likeness (QED) is 0.251. The van der Waals surface area contributed by atoms with Crippen molar-refractivity contribution in [3.8, 4) is 23.0 Å². The second kappa shape index (κ2) is 11.9. The molecule has 7 rings (SSSR count). The van der Waals surface area contributed by atoms with E-state index >= 15 is 4.39 Å². The number of alkyl halides is 1. The van der Waals surface area contributed by atoms with Crippen molar-refractivity contribution in [2.24, 2.45) is 5.92 Å². The molecule has 3 atom stereocenters. The molecule has 3 aliphatic rings. The maximum Gasteiger partial charge on any atom is 0.319 e. The van der Waals surface area contributed by atoms with E-state index in [0.29, 0.717) is 54.5 Å². The molecule has 4 aromatic rings. The number of aryl methyl sites for hydroxylation is 1. The van der Waals surface area contributed by atoms with Crippen molar-refractivity contribution in [2.45, 2.75) is 63.6 Å². The number of ether oxygens (including phenoxy) is 1. The molecule has 0 bridgehead atoms. The van der Waals surface area contributed by atoms with Crippen molar-refractivity contribution in [2.75, 3.05) is 37.7 Å². The zero-order valence-corrected chi connectivity index (χ0v) is 25.6. The van der Waals surface area contributed by atoms with Crippen molar-refractivity contribution in [3.05, 3.63) is 47.7 Å². The second-order valence-corrected chi connectivity index (χ2v) is 12.8. The van der Waals surface area contributed by atoms with Gasteiger partial charge in [0.2, 0.25) is 0 Å². The van der Waals surface area contributed by atoms with Gasteiger partial charge in [0.15, 0.2) is 5.82 Å². The van der Waals surface area contributed by atoms with Crippen molar-refractivity contribution in [1.82, 2.24) is 19.9 Å². The van der Waals surface area contributed by atoms with Crippen molar-refractivity contribution < 1.29 is 32.9 Å². The zero-order valence-electron chi connectivity index (χ0n) is 25.6. The highest BCUT2D eigenvalue weighted by molar-refractivity contribution is 6.01. The fourth-order valence-corrected chi connectivity index (χ4v) is 7.73. The van der Waals surface area contributed by atoms with Crippen LogP contribution < -0.4 is 9.64 Å². The second-order valence-electron chi connectivity index (χ2n) is 12.8. The predicted molar refractivity (Wildman–Crippen MR) is 167 cm³/mol. The Balaban J connectivity index is 1.38. The van der Waals surface area contributed by atoms with Gasteiger partial charge in [-0.15, -0.1) is 0 Å². The van der Waals surface area contributed by atoms with Crippen LogP contribution >= 0.6 is 0 Å². The molecule has 5 heterocycles. The van der Waals surface area contributed by atoms with Gasteiger partial charge in [-0.3, -0.25) is 14.7 Å². The average molecular weight is 636 g/mol. The van der Waals surface area contributed by atoms with E-state index in [9.17, 15) is 23.8 Å². The Bertz CT molecular complexity index is 1840. The molecule has 1 unspecified atom stereocenters. The minimum Gasteiger partial charge on any atom is -0.508 e. The van der Waals surface area contributed by atoms with Gasteiger partial charge < -0.3 is 19.8 Å². The maximum atomic E-state index is 16.8. The van der Waals surface area contributed by atoms with Crippen LogP contribution in [0.25, 0.3) is 32.9 Å². The van der Waals surface area contributed by atoms with Gasteiger partial charge in [0.05, 0.1) is 16.8 Å². The number of hydrogen-bond acceptors (Lipinski definition) is 8. The third-order valence-corrected chi connectivity index (χ3v) is 9.96. The lowest BCUT2D eigenvalue weighted by atomic mass is 9.94.